The molecule has 120 valence electrons. The molecule has 0 fully saturated rings. The fourth-order valence-electron chi connectivity index (χ4n) is 1.80. The summed E-state index contributed by atoms with van der Waals surface area (Å²) in [7, 11) is -5.38. The van der Waals surface area contributed by atoms with Crippen molar-refractivity contribution in [3.05, 3.63) is 59.4 Å². The van der Waals surface area contributed by atoms with Crippen LogP contribution in [0.5, 0.6) is 5.75 Å². The van der Waals surface area contributed by atoms with Crippen LogP contribution < -0.4 is 4.18 Å². The Kier molecular flexibility index (Phi) is 3.77. The van der Waals surface area contributed by atoms with Crippen molar-refractivity contribution in [2.45, 2.75) is 5.25 Å². The van der Waals surface area contributed by atoms with Gasteiger partial charge in [-0.3, -0.25) is 0 Å². The molecule has 3 aromatic rings. The van der Waals surface area contributed by atoms with Gasteiger partial charge < -0.3 is 4.18 Å². The first kappa shape index (κ1) is 15.8. The molecular weight excluding hydrogens is 351 g/mol. The molecule has 4 nitrogen and oxygen atoms in total. The van der Waals surface area contributed by atoms with Crippen LogP contribution in [-0.4, -0.2) is 13.4 Å². The lowest BCUT2D eigenvalue weighted by Gasteiger charge is -2.14. The molecule has 0 aliphatic rings. The van der Waals surface area contributed by atoms with Gasteiger partial charge in [0.05, 0.1) is 10.2 Å². The number of para-hydroxylation sites is 1. The predicted octanol–water partition coefficient (Wildman–Crippen LogP) is 3.89. The first-order valence-corrected chi connectivity index (χ1v) is 8.45. The first-order chi connectivity index (χ1) is 10.8. The molecule has 0 atom stereocenters. The van der Waals surface area contributed by atoms with E-state index in [4.69, 9.17) is 0 Å². The van der Waals surface area contributed by atoms with E-state index in [1.807, 2.05) is 0 Å². The molecule has 0 saturated carbocycles. The molecular formula is C14H8F3NO3S2. The highest BCUT2D eigenvalue weighted by Gasteiger charge is 2.52. The van der Waals surface area contributed by atoms with Gasteiger partial charge in [-0.2, -0.15) is 17.2 Å². The molecule has 9 heteroatoms. The van der Waals surface area contributed by atoms with Crippen LogP contribution in [-0.2, 0) is 15.4 Å². The molecule has 0 spiro atoms. The van der Waals surface area contributed by atoms with Gasteiger partial charge in [-0.15, -0.1) is 11.3 Å². The molecule has 2 aromatic carbocycles. The predicted molar refractivity (Wildman–Crippen MR) is 79.5 cm³/mol. The SMILES string of the molecule is O=S(=O)(Oc1cccc(F)c1)C(F)(F)c1nc2ccccc2s1. The molecule has 0 bridgehead atoms. The monoisotopic (exact) mass is 359 g/mol. The van der Waals surface area contributed by atoms with Crippen molar-refractivity contribution in [2.24, 2.45) is 0 Å². The zero-order valence-corrected chi connectivity index (χ0v) is 12.9. The Bertz CT molecular complexity index is 937. The zero-order valence-electron chi connectivity index (χ0n) is 11.2. The largest absolute Gasteiger partial charge is 0.430 e. The van der Waals surface area contributed by atoms with Crippen LogP contribution in [0, 0.1) is 5.82 Å². The van der Waals surface area contributed by atoms with Crippen LogP contribution >= 0.6 is 11.3 Å². The second-order valence-corrected chi connectivity index (χ2v) is 7.12. The van der Waals surface area contributed by atoms with Gasteiger partial charge in [0.2, 0.25) is 0 Å². The van der Waals surface area contributed by atoms with Gasteiger partial charge in [0.1, 0.15) is 11.6 Å². The summed E-state index contributed by atoms with van der Waals surface area (Å²) in [5.74, 6) is -1.34. The number of alkyl halides is 2. The highest BCUT2D eigenvalue weighted by Crippen LogP contribution is 2.39. The van der Waals surface area contributed by atoms with Crippen molar-refractivity contribution in [3.63, 3.8) is 0 Å². The Morgan fingerprint density at radius 3 is 2.52 bits per heavy atom. The fraction of sp³-hybridized carbons (Fsp3) is 0.0714. The summed E-state index contributed by atoms with van der Waals surface area (Å²) in [5, 5.41) is -5.27. The first-order valence-electron chi connectivity index (χ1n) is 6.23. The van der Waals surface area contributed by atoms with E-state index in [0.717, 1.165) is 18.2 Å². The maximum absolute atomic E-state index is 14.3. The lowest BCUT2D eigenvalue weighted by molar-refractivity contribution is 0.0804. The number of rotatable bonds is 4. The quantitative estimate of drug-likeness (QED) is 0.663. The summed E-state index contributed by atoms with van der Waals surface area (Å²) >= 11 is 0.550. The highest BCUT2D eigenvalue weighted by atomic mass is 32.2. The van der Waals surface area contributed by atoms with Crippen molar-refractivity contribution >= 4 is 31.7 Å². The van der Waals surface area contributed by atoms with Crippen molar-refractivity contribution in [2.75, 3.05) is 0 Å². The molecule has 0 N–H and O–H groups in total. The topological polar surface area (TPSA) is 56.3 Å². The van der Waals surface area contributed by atoms with Crippen molar-refractivity contribution < 1.29 is 25.8 Å². The summed E-state index contributed by atoms with van der Waals surface area (Å²) in [4.78, 5) is 3.65. The molecule has 1 aromatic heterocycles. The lowest BCUT2D eigenvalue weighted by atomic mass is 10.3. The van der Waals surface area contributed by atoms with E-state index < -0.39 is 31.9 Å². The van der Waals surface area contributed by atoms with E-state index in [2.05, 4.69) is 9.17 Å². The van der Waals surface area contributed by atoms with Gasteiger partial charge in [0.25, 0.3) is 0 Å². The minimum Gasteiger partial charge on any atom is -0.378 e. The van der Waals surface area contributed by atoms with Gasteiger partial charge >= 0.3 is 15.4 Å². The molecule has 1 heterocycles. The molecule has 23 heavy (non-hydrogen) atoms. The van der Waals surface area contributed by atoms with Gasteiger partial charge in [-0.1, -0.05) is 18.2 Å². The van der Waals surface area contributed by atoms with Gasteiger partial charge in [-0.25, -0.2) is 9.37 Å². The zero-order chi connectivity index (χ0) is 16.7. The second kappa shape index (κ2) is 5.50. The molecule has 0 aliphatic carbocycles. The van der Waals surface area contributed by atoms with Crippen LogP contribution in [0.15, 0.2) is 48.5 Å². The van der Waals surface area contributed by atoms with E-state index in [-0.39, 0.29) is 5.52 Å². The van der Waals surface area contributed by atoms with Crippen LogP contribution in [0.2, 0.25) is 0 Å². The smallest absolute Gasteiger partial charge is 0.378 e. The minimum absolute atomic E-state index is 0.258. The summed E-state index contributed by atoms with van der Waals surface area (Å²) in [6.07, 6.45) is 0. The van der Waals surface area contributed by atoms with Crippen molar-refractivity contribution in [1.29, 1.82) is 0 Å². The third-order valence-corrected chi connectivity index (χ3v) is 5.33. The maximum atomic E-state index is 14.3. The maximum Gasteiger partial charge on any atom is 0.430 e. The average Bonchev–Trinajstić information content (AvgIpc) is 2.91. The Morgan fingerprint density at radius 1 is 1.09 bits per heavy atom. The molecule has 0 aliphatic heterocycles. The van der Waals surface area contributed by atoms with E-state index in [0.29, 0.717) is 22.1 Å². The Hall–Kier alpha value is -2.13. The number of hydrogen-bond acceptors (Lipinski definition) is 5. The minimum atomic E-state index is -5.38. The van der Waals surface area contributed by atoms with E-state index >= 15 is 0 Å². The lowest BCUT2D eigenvalue weighted by Crippen LogP contribution is -2.30. The molecule has 0 radical (unpaired) electrons. The van der Waals surface area contributed by atoms with Crippen LogP contribution in [0.25, 0.3) is 10.2 Å². The van der Waals surface area contributed by atoms with E-state index in [1.54, 1.807) is 18.2 Å². The number of aromatic nitrogens is 1. The number of nitrogens with zero attached hydrogens (tertiary/aromatic N) is 1. The normalized spacial score (nSPS) is 12.5. The number of benzene rings is 2. The van der Waals surface area contributed by atoms with Gasteiger partial charge in [0, 0.05) is 6.07 Å². The Morgan fingerprint density at radius 2 is 1.83 bits per heavy atom. The molecule has 0 saturated heterocycles. The summed E-state index contributed by atoms with van der Waals surface area (Å²) in [6, 6.07) is 10.2. The van der Waals surface area contributed by atoms with Crippen LogP contribution in [0.1, 0.15) is 5.01 Å². The van der Waals surface area contributed by atoms with Crippen molar-refractivity contribution in [3.8, 4) is 5.75 Å². The summed E-state index contributed by atoms with van der Waals surface area (Å²) < 4.78 is 70.2. The molecule has 0 unspecified atom stereocenters. The number of thiazole rings is 1. The fourth-order valence-corrected chi connectivity index (χ4v) is 3.79. The standard InChI is InChI=1S/C14H8F3NO3S2/c15-9-4-3-5-10(8-9)21-23(19,20)14(16,17)13-18-11-6-1-2-7-12(11)22-13/h1-8H. The van der Waals surface area contributed by atoms with Crippen LogP contribution in [0.4, 0.5) is 13.2 Å². The molecule has 3 rings (SSSR count). The van der Waals surface area contributed by atoms with Gasteiger partial charge in [0.15, 0.2) is 5.01 Å². The number of fused-ring (bicyclic) bond motifs is 1. The van der Waals surface area contributed by atoms with Crippen LogP contribution in [0.3, 0.4) is 0 Å². The van der Waals surface area contributed by atoms with E-state index in [9.17, 15) is 21.6 Å². The Labute approximate surface area is 133 Å². The Balaban J connectivity index is 1.99. The third kappa shape index (κ3) is 2.89. The average molecular weight is 359 g/mol. The second-order valence-electron chi connectivity index (χ2n) is 4.50. The van der Waals surface area contributed by atoms with Crippen molar-refractivity contribution in [1.82, 2.24) is 4.98 Å². The summed E-state index contributed by atoms with van der Waals surface area (Å²) in [6.45, 7) is 0. The third-order valence-electron chi connectivity index (χ3n) is 2.86. The summed E-state index contributed by atoms with van der Waals surface area (Å²) in [5.41, 5.74) is 0.258. The van der Waals surface area contributed by atoms with E-state index in [1.165, 1.54) is 6.07 Å². The van der Waals surface area contributed by atoms with Gasteiger partial charge in [-0.05, 0) is 24.3 Å². The highest BCUT2D eigenvalue weighted by molar-refractivity contribution is 7.87. The number of halogens is 3. The number of hydrogen-bond donors (Lipinski definition) is 0. The molecule has 0 amide bonds.